The van der Waals surface area contributed by atoms with Crippen LogP contribution in [0.1, 0.15) is 25.8 Å². The third-order valence-electron chi connectivity index (χ3n) is 5.71. The lowest BCUT2D eigenvalue weighted by atomic mass is 10.1. The molecule has 10 heteroatoms. The molecule has 0 fully saturated rings. The van der Waals surface area contributed by atoms with Crippen molar-refractivity contribution in [1.82, 2.24) is 10.2 Å². The molecule has 3 aromatic carbocycles. The van der Waals surface area contributed by atoms with Gasteiger partial charge in [0, 0.05) is 21.7 Å². The van der Waals surface area contributed by atoms with E-state index in [1.54, 1.807) is 73.7 Å². The van der Waals surface area contributed by atoms with E-state index in [0.29, 0.717) is 17.3 Å². The summed E-state index contributed by atoms with van der Waals surface area (Å²) in [6.07, 6.45) is 0.749. The van der Waals surface area contributed by atoms with Crippen LogP contribution in [0.5, 0.6) is 0 Å². The molecule has 37 heavy (non-hydrogen) atoms. The second kappa shape index (κ2) is 13.3. The number of halogens is 2. The number of anilines is 1. The minimum Gasteiger partial charge on any atom is -0.354 e. The Kier molecular flexibility index (Phi) is 10.4. The van der Waals surface area contributed by atoms with Gasteiger partial charge in [0.25, 0.3) is 10.0 Å². The van der Waals surface area contributed by atoms with Gasteiger partial charge < -0.3 is 10.2 Å². The van der Waals surface area contributed by atoms with E-state index in [2.05, 4.69) is 27.9 Å². The highest BCUT2D eigenvalue weighted by atomic mass is 127. The van der Waals surface area contributed by atoms with Gasteiger partial charge in [-0.1, -0.05) is 48.9 Å². The molecule has 0 unspecified atom stereocenters. The first-order chi connectivity index (χ1) is 17.6. The fourth-order valence-corrected chi connectivity index (χ4v) is 5.54. The third kappa shape index (κ3) is 7.68. The van der Waals surface area contributed by atoms with Crippen LogP contribution in [0, 0.1) is 3.57 Å². The first-order valence-corrected chi connectivity index (χ1v) is 14.7. The second-order valence-electron chi connectivity index (χ2n) is 8.42. The Labute approximate surface area is 237 Å². The zero-order chi connectivity index (χ0) is 27.0. The largest absolute Gasteiger partial charge is 0.354 e. The Morgan fingerprint density at radius 1 is 0.973 bits per heavy atom. The Hall–Kier alpha value is -2.63. The Bertz CT molecular complexity index is 1300. The van der Waals surface area contributed by atoms with E-state index in [-0.39, 0.29) is 17.3 Å². The molecule has 1 atom stereocenters. The Balaban J connectivity index is 1.99. The molecule has 0 saturated heterocycles. The molecule has 0 aliphatic heterocycles. The summed E-state index contributed by atoms with van der Waals surface area (Å²) in [5, 5.41) is 3.37. The maximum absolute atomic E-state index is 13.8. The number of hydrogen-bond acceptors (Lipinski definition) is 4. The fraction of sp³-hybridized carbons (Fsp3) is 0.259. The van der Waals surface area contributed by atoms with Crippen molar-refractivity contribution < 1.29 is 18.0 Å². The average Bonchev–Trinajstić information content (AvgIpc) is 2.90. The van der Waals surface area contributed by atoms with Gasteiger partial charge in [-0.3, -0.25) is 13.9 Å². The topological polar surface area (TPSA) is 86.8 Å². The highest BCUT2D eigenvalue weighted by Gasteiger charge is 2.32. The maximum atomic E-state index is 13.8. The zero-order valence-electron chi connectivity index (χ0n) is 20.6. The predicted molar refractivity (Wildman–Crippen MR) is 155 cm³/mol. The molecular formula is C27H29ClIN3O4S. The standard InChI is InChI=1S/C27H29ClIN3O4S/c1-3-17-30-27(34)20(2)31(18-21-9-11-22(28)12-10-21)26(33)19-32(24-15-13-23(29)14-16-24)37(35,36)25-7-5-4-6-8-25/h4-16,20H,3,17-19H2,1-2H3,(H,30,34)/t20-/m0/s1. The molecule has 196 valence electrons. The lowest BCUT2D eigenvalue weighted by Gasteiger charge is -2.32. The van der Waals surface area contributed by atoms with Crippen molar-refractivity contribution in [2.45, 2.75) is 37.8 Å². The van der Waals surface area contributed by atoms with Gasteiger partial charge in [0.05, 0.1) is 10.6 Å². The van der Waals surface area contributed by atoms with Crippen LogP contribution in [0.3, 0.4) is 0 Å². The average molecular weight is 654 g/mol. The number of benzene rings is 3. The van der Waals surface area contributed by atoms with Crippen LogP contribution in [-0.2, 0) is 26.2 Å². The summed E-state index contributed by atoms with van der Waals surface area (Å²) < 4.78 is 29.4. The lowest BCUT2D eigenvalue weighted by molar-refractivity contribution is -0.139. The van der Waals surface area contributed by atoms with Crippen LogP contribution < -0.4 is 9.62 Å². The van der Waals surface area contributed by atoms with E-state index >= 15 is 0 Å². The van der Waals surface area contributed by atoms with Gasteiger partial charge in [-0.05, 0) is 90.0 Å². The summed E-state index contributed by atoms with van der Waals surface area (Å²) >= 11 is 8.15. The zero-order valence-corrected chi connectivity index (χ0v) is 24.3. The number of nitrogens with one attached hydrogen (secondary N) is 1. The van der Waals surface area contributed by atoms with Gasteiger partial charge in [-0.25, -0.2) is 8.42 Å². The van der Waals surface area contributed by atoms with Gasteiger partial charge in [0.15, 0.2) is 0 Å². The number of hydrogen-bond donors (Lipinski definition) is 1. The van der Waals surface area contributed by atoms with Crippen molar-refractivity contribution >= 4 is 61.7 Å². The van der Waals surface area contributed by atoms with E-state index in [1.807, 2.05) is 6.92 Å². The molecule has 0 aliphatic rings. The van der Waals surface area contributed by atoms with Gasteiger partial charge in [0.1, 0.15) is 12.6 Å². The molecule has 3 rings (SSSR count). The molecule has 3 aromatic rings. The molecule has 0 spiro atoms. The van der Waals surface area contributed by atoms with Crippen molar-refractivity contribution in [2.24, 2.45) is 0 Å². The first kappa shape index (κ1) is 28.9. The summed E-state index contributed by atoms with van der Waals surface area (Å²) in [4.78, 5) is 28.1. The van der Waals surface area contributed by atoms with E-state index in [0.717, 1.165) is 19.9 Å². The summed E-state index contributed by atoms with van der Waals surface area (Å²) in [6, 6.07) is 21.0. The molecular weight excluding hydrogens is 625 g/mol. The summed E-state index contributed by atoms with van der Waals surface area (Å²) in [5.41, 5.74) is 1.12. The molecule has 0 radical (unpaired) electrons. The normalized spacial score (nSPS) is 12.0. The minimum atomic E-state index is -4.07. The van der Waals surface area contributed by atoms with Crippen LogP contribution in [0.15, 0.2) is 83.8 Å². The molecule has 0 heterocycles. The van der Waals surface area contributed by atoms with Gasteiger partial charge in [-0.2, -0.15) is 0 Å². The van der Waals surface area contributed by atoms with Crippen molar-refractivity contribution in [1.29, 1.82) is 0 Å². The van der Waals surface area contributed by atoms with Crippen LogP contribution in [0.4, 0.5) is 5.69 Å². The van der Waals surface area contributed by atoms with Crippen LogP contribution >= 0.6 is 34.2 Å². The summed E-state index contributed by atoms with van der Waals surface area (Å²) in [5.74, 6) is -0.817. The Morgan fingerprint density at radius 3 is 2.19 bits per heavy atom. The smallest absolute Gasteiger partial charge is 0.264 e. The molecule has 0 aromatic heterocycles. The van der Waals surface area contributed by atoms with Crippen LogP contribution in [0.2, 0.25) is 5.02 Å². The van der Waals surface area contributed by atoms with Crippen molar-refractivity contribution in [3.05, 3.63) is 93.0 Å². The molecule has 0 aliphatic carbocycles. The van der Waals surface area contributed by atoms with Gasteiger partial charge >= 0.3 is 0 Å². The molecule has 7 nitrogen and oxygen atoms in total. The van der Waals surface area contributed by atoms with E-state index in [1.165, 1.54) is 17.0 Å². The van der Waals surface area contributed by atoms with Crippen LogP contribution in [0.25, 0.3) is 0 Å². The van der Waals surface area contributed by atoms with Crippen LogP contribution in [-0.4, -0.2) is 44.3 Å². The quantitative estimate of drug-likeness (QED) is 0.293. The molecule has 0 bridgehead atoms. The second-order valence-corrected chi connectivity index (χ2v) is 12.0. The van der Waals surface area contributed by atoms with E-state index in [9.17, 15) is 18.0 Å². The minimum absolute atomic E-state index is 0.0688. The number of rotatable bonds is 11. The van der Waals surface area contributed by atoms with E-state index < -0.39 is 28.5 Å². The molecule has 1 N–H and O–H groups in total. The Morgan fingerprint density at radius 2 is 1.59 bits per heavy atom. The molecule has 0 saturated carbocycles. The summed E-state index contributed by atoms with van der Waals surface area (Å²) in [6.45, 7) is 3.69. The SMILES string of the molecule is CCCNC(=O)[C@H](C)N(Cc1ccc(Cl)cc1)C(=O)CN(c1ccc(I)cc1)S(=O)(=O)c1ccccc1. The van der Waals surface area contributed by atoms with E-state index in [4.69, 9.17) is 11.6 Å². The summed E-state index contributed by atoms with van der Waals surface area (Å²) in [7, 11) is -4.07. The molecule has 2 amide bonds. The predicted octanol–water partition coefficient (Wildman–Crippen LogP) is 5.08. The highest BCUT2D eigenvalue weighted by Crippen LogP contribution is 2.25. The number of carbonyl (C=O) groups excluding carboxylic acids is 2. The lowest BCUT2D eigenvalue weighted by Crippen LogP contribution is -2.51. The third-order valence-corrected chi connectivity index (χ3v) is 8.47. The van der Waals surface area contributed by atoms with Gasteiger partial charge in [-0.15, -0.1) is 0 Å². The first-order valence-electron chi connectivity index (χ1n) is 11.8. The van der Waals surface area contributed by atoms with Crippen molar-refractivity contribution in [2.75, 3.05) is 17.4 Å². The highest BCUT2D eigenvalue weighted by molar-refractivity contribution is 14.1. The number of nitrogens with zero attached hydrogens (tertiary/aromatic N) is 2. The number of amides is 2. The van der Waals surface area contributed by atoms with Crippen molar-refractivity contribution in [3.63, 3.8) is 0 Å². The van der Waals surface area contributed by atoms with Gasteiger partial charge in [0.2, 0.25) is 11.8 Å². The fourth-order valence-electron chi connectivity index (χ4n) is 3.62. The number of sulfonamides is 1. The maximum Gasteiger partial charge on any atom is 0.264 e. The number of carbonyl (C=O) groups is 2. The monoisotopic (exact) mass is 653 g/mol. The van der Waals surface area contributed by atoms with Crippen molar-refractivity contribution in [3.8, 4) is 0 Å².